The number of hydrogen-bond donors (Lipinski definition) is 3. The molecule has 1 aliphatic heterocycles. The van der Waals surface area contributed by atoms with Crippen LogP contribution in [0, 0.1) is 0 Å². The number of carbonyl (C=O) groups is 4. The Morgan fingerprint density at radius 1 is 0.870 bits per heavy atom. The number of carbonyl (C=O) groups excluding carboxylic acids is 2. The van der Waals surface area contributed by atoms with Crippen LogP contribution in [-0.4, -0.2) is 34.0 Å². The number of hydrogen-bond acceptors (Lipinski definition) is 4. The van der Waals surface area contributed by atoms with Crippen molar-refractivity contribution in [2.45, 2.75) is 0 Å². The van der Waals surface area contributed by atoms with E-state index in [1.54, 1.807) is 18.2 Å². The summed E-state index contributed by atoms with van der Waals surface area (Å²) in [4.78, 5) is 46.9. The van der Waals surface area contributed by atoms with Gasteiger partial charge in [-0.3, -0.25) is 14.9 Å². The van der Waals surface area contributed by atoms with Crippen LogP contribution >= 0.6 is 0 Å². The number of fused-ring (bicyclic) bond motifs is 1. The standard InChI is InChI=1S/C16H9NO6/c18-13-8-6-9(15(20)21)10(7-4-2-1-3-5-7)12(16(22)23)11(8)14(19)17-13/h1-6H,(H,20,21)(H,22,23)(H,17,18,19). The third kappa shape index (κ3) is 2.15. The monoisotopic (exact) mass is 311 g/mol. The molecule has 0 atom stereocenters. The van der Waals surface area contributed by atoms with Gasteiger partial charge in [-0.15, -0.1) is 0 Å². The highest BCUT2D eigenvalue weighted by molar-refractivity contribution is 6.27. The zero-order chi connectivity index (χ0) is 16.7. The van der Waals surface area contributed by atoms with Crippen LogP contribution in [0.4, 0.5) is 0 Å². The maximum absolute atomic E-state index is 11.9. The fraction of sp³-hybridized carbons (Fsp3) is 0. The second-order valence-corrected chi connectivity index (χ2v) is 4.86. The van der Waals surface area contributed by atoms with E-state index in [2.05, 4.69) is 0 Å². The van der Waals surface area contributed by atoms with Gasteiger partial charge in [-0.1, -0.05) is 30.3 Å². The van der Waals surface area contributed by atoms with E-state index in [-0.39, 0.29) is 22.3 Å². The number of carboxylic acid groups (broad SMARTS) is 2. The second-order valence-electron chi connectivity index (χ2n) is 4.86. The van der Waals surface area contributed by atoms with Crippen molar-refractivity contribution in [3.63, 3.8) is 0 Å². The topological polar surface area (TPSA) is 121 Å². The normalized spacial score (nSPS) is 12.7. The van der Waals surface area contributed by atoms with Crippen molar-refractivity contribution in [3.05, 3.63) is 58.7 Å². The molecule has 7 nitrogen and oxygen atoms in total. The van der Waals surface area contributed by atoms with Crippen molar-refractivity contribution in [1.29, 1.82) is 0 Å². The number of aromatic carboxylic acids is 2. The van der Waals surface area contributed by atoms with E-state index < -0.39 is 29.3 Å². The minimum atomic E-state index is -1.48. The molecule has 2 amide bonds. The first-order chi connectivity index (χ1) is 10.9. The van der Waals surface area contributed by atoms with Gasteiger partial charge in [-0.25, -0.2) is 9.59 Å². The Kier molecular flexibility index (Phi) is 3.18. The summed E-state index contributed by atoms with van der Waals surface area (Å²) in [5.41, 5.74) is -1.17. The van der Waals surface area contributed by atoms with E-state index in [0.717, 1.165) is 6.07 Å². The van der Waals surface area contributed by atoms with Crippen molar-refractivity contribution in [3.8, 4) is 11.1 Å². The summed E-state index contributed by atoms with van der Waals surface area (Å²) in [5, 5.41) is 20.9. The summed E-state index contributed by atoms with van der Waals surface area (Å²) >= 11 is 0. The zero-order valence-corrected chi connectivity index (χ0v) is 11.5. The van der Waals surface area contributed by atoms with E-state index in [9.17, 15) is 29.4 Å². The van der Waals surface area contributed by atoms with E-state index in [1.807, 2.05) is 5.32 Å². The van der Waals surface area contributed by atoms with Crippen molar-refractivity contribution < 1.29 is 29.4 Å². The summed E-state index contributed by atoms with van der Waals surface area (Å²) in [7, 11) is 0. The highest BCUT2D eigenvalue weighted by Crippen LogP contribution is 2.34. The van der Waals surface area contributed by atoms with Gasteiger partial charge >= 0.3 is 11.9 Å². The third-order valence-corrected chi connectivity index (χ3v) is 3.53. The Balaban J connectivity index is 2.49. The summed E-state index contributed by atoms with van der Waals surface area (Å²) < 4.78 is 0. The first-order valence-electron chi connectivity index (χ1n) is 6.50. The second kappa shape index (κ2) is 5.06. The van der Waals surface area contributed by atoms with E-state index in [4.69, 9.17) is 0 Å². The maximum Gasteiger partial charge on any atom is 0.337 e. The van der Waals surface area contributed by atoms with Gasteiger partial charge in [0.15, 0.2) is 0 Å². The summed E-state index contributed by atoms with van der Waals surface area (Å²) in [5.74, 6) is -4.53. The van der Waals surface area contributed by atoms with Crippen molar-refractivity contribution in [2.24, 2.45) is 0 Å². The lowest BCUT2D eigenvalue weighted by Crippen LogP contribution is -2.20. The molecule has 0 aliphatic carbocycles. The Morgan fingerprint density at radius 2 is 1.52 bits per heavy atom. The van der Waals surface area contributed by atoms with Crippen LogP contribution in [0.25, 0.3) is 11.1 Å². The summed E-state index contributed by atoms with van der Waals surface area (Å²) in [6, 6.07) is 9.03. The minimum absolute atomic E-state index is 0.103. The first-order valence-corrected chi connectivity index (χ1v) is 6.50. The molecule has 7 heteroatoms. The molecule has 3 rings (SSSR count). The van der Waals surface area contributed by atoms with Crippen LogP contribution < -0.4 is 5.32 Å². The molecule has 0 saturated heterocycles. The van der Waals surface area contributed by atoms with E-state index in [0.29, 0.717) is 5.56 Å². The molecule has 114 valence electrons. The molecule has 0 saturated carbocycles. The predicted octanol–water partition coefficient (Wildman–Crippen LogP) is 1.63. The molecule has 2 aromatic rings. The van der Waals surface area contributed by atoms with Gasteiger partial charge in [0.1, 0.15) is 0 Å². The lowest BCUT2D eigenvalue weighted by atomic mass is 9.88. The highest BCUT2D eigenvalue weighted by atomic mass is 16.4. The van der Waals surface area contributed by atoms with Crippen LogP contribution in [0.3, 0.4) is 0 Å². The lowest BCUT2D eigenvalue weighted by Gasteiger charge is -2.13. The molecule has 0 bridgehead atoms. The Labute approximate surface area is 129 Å². The van der Waals surface area contributed by atoms with E-state index >= 15 is 0 Å². The molecule has 0 spiro atoms. The number of amides is 2. The van der Waals surface area contributed by atoms with Crippen LogP contribution in [0.5, 0.6) is 0 Å². The fourth-order valence-electron chi connectivity index (χ4n) is 2.62. The van der Waals surface area contributed by atoms with Crippen LogP contribution in [0.15, 0.2) is 36.4 Å². The fourth-order valence-corrected chi connectivity index (χ4v) is 2.62. The van der Waals surface area contributed by atoms with Crippen molar-refractivity contribution >= 4 is 23.8 Å². The van der Waals surface area contributed by atoms with Crippen LogP contribution in [-0.2, 0) is 0 Å². The maximum atomic E-state index is 11.9. The highest BCUT2D eigenvalue weighted by Gasteiger charge is 2.36. The van der Waals surface area contributed by atoms with Crippen LogP contribution in [0.2, 0.25) is 0 Å². The van der Waals surface area contributed by atoms with Gasteiger partial charge in [-0.2, -0.15) is 0 Å². The Morgan fingerprint density at radius 3 is 2.09 bits per heavy atom. The summed E-state index contributed by atoms with van der Waals surface area (Å²) in [6.45, 7) is 0. The van der Waals surface area contributed by atoms with E-state index in [1.165, 1.54) is 12.1 Å². The molecule has 3 N–H and O–H groups in total. The smallest absolute Gasteiger partial charge is 0.337 e. The largest absolute Gasteiger partial charge is 0.478 e. The molecule has 2 aromatic carbocycles. The molecule has 1 heterocycles. The molecule has 0 fully saturated rings. The van der Waals surface area contributed by atoms with Gasteiger partial charge in [0.05, 0.1) is 22.3 Å². The average molecular weight is 311 g/mol. The number of imide groups is 1. The minimum Gasteiger partial charge on any atom is -0.478 e. The SMILES string of the molecule is O=C1NC(=O)c2c1cc(C(=O)O)c(-c1ccccc1)c2C(=O)O. The van der Waals surface area contributed by atoms with Gasteiger partial charge in [0.25, 0.3) is 11.8 Å². The number of benzene rings is 2. The quantitative estimate of drug-likeness (QED) is 0.741. The van der Waals surface area contributed by atoms with Gasteiger partial charge in [0, 0.05) is 5.56 Å². The first kappa shape index (κ1) is 14.5. The van der Waals surface area contributed by atoms with Crippen molar-refractivity contribution in [2.75, 3.05) is 0 Å². The Bertz CT molecular complexity index is 885. The Hall–Kier alpha value is -3.48. The molecular weight excluding hydrogens is 302 g/mol. The number of nitrogens with one attached hydrogen (secondary N) is 1. The molecule has 1 aliphatic rings. The molecule has 0 unspecified atom stereocenters. The number of rotatable bonds is 3. The summed E-state index contributed by atoms with van der Waals surface area (Å²) in [6.07, 6.45) is 0. The average Bonchev–Trinajstić information content (AvgIpc) is 2.80. The third-order valence-electron chi connectivity index (χ3n) is 3.53. The molecule has 0 radical (unpaired) electrons. The van der Waals surface area contributed by atoms with Gasteiger partial charge < -0.3 is 10.2 Å². The molecule has 23 heavy (non-hydrogen) atoms. The molecule has 0 aromatic heterocycles. The lowest BCUT2D eigenvalue weighted by molar-refractivity contribution is 0.0691. The van der Waals surface area contributed by atoms with Crippen molar-refractivity contribution in [1.82, 2.24) is 5.32 Å². The molecular formula is C16H9NO6. The van der Waals surface area contributed by atoms with Gasteiger partial charge in [-0.05, 0) is 11.6 Å². The van der Waals surface area contributed by atoms with Crippen LogP contribution in [0.1, 0.15) is 41.4 Å². The zero-order valence-electron chi connectivity index (χ0n) is 11.5. The predicted molar refractivity (Wildman–Crippen MR) is 77.6 cm³/mol. The van der Waals surface area contributed by atoms with Gasteiger partial charge in [0.2, 0.25) is 0 Å². The number of carboxylic acids is 2.